The lowest BCUT2D eigenvalue weighted by atomic mass is 10.2. The van der Waals surface area contributed by atoms with E-state index in [-0.39, 0.29) is 24.0 Å². The highest BCUT2D eigenvalue weighted by Gasteiger charge is 2.19. The fraction of sp³-hybridized carbons (Fsp3) is 0.0714. The van der Waals surface area contributed by atoms with Crippen molar-refractivity contribution in [2.75, 3.05) is 17.7 Å². The number of hydrogen-bond acceptors (Lipinski definition) is 4. The van der Waals surface area contributed by atoms with Crippen molar-refractivity contribution in [1.82, 2.24) is 0 Å². The monoisotopic (exact) mass is 274 g/mol. The molecule has 0 saturated heterocycles. The van der Waals surface area contributed by atoms with E-state index in [0.717, 1.165) is 0 Å². The van der Waals surface area contributed by atoms with E-state index < -0.39 is 5.82 Å². The lowest BCUT2D eigenvalue weighted by molar-refractivity contribution is -0.118. The lowest BCUT2D eigenvalue weighted by Crippen LogP contribution is -2.25. The van der Waals surface area contributed by atoms with Crippen LogP contribution >= 0.6 is 0 Å². The fourth-order valence-corrected chi connectivity index (χ4v) is 1.86. The summed E-state index contributed by atoms with van der Waals surface area (Å²) in [6.07, 6.45) is 0. The number of fused-ring (bicyclic) bond motifs is 1. The van der Waals surface area contributed by atoms with Gasteiger partial charge in [0.15, 0.2) is 23.9 Å². The molecule has 1 heterocycles. The predicted molar refractivity (Wildman–Crippen MR) is 71.5 cm³/mol. The number of anilines is 2. The minimum atomic E-state index is -0.495. The number of benzene rings is 2. The normalized spacial score (nSPS) is 13.2. The van der Waals surface area contributed by atoms with Crippen LogP contribution in [0, 0.1) is 5.82 Å². The van der Waals surface area contributed by atoms with Crippen molar-refractivity contribution in [3.63, 3.8) is 0 Å². The van der Waals surface area contributed by atoms with Gasteiger partial charge in [-0.1, -0.05) is 12.1 Å². The number of carbonyl (C=O) groups excluding carboxylic acids is 1. The molecule has 20 heavy (non-hydrogen) atoms. The number of hydrogen-bond donors (Lipinski definition) is 2. The van der Waals surface area contributed by atoms with Crippen LogP contribution in [-0.4, -0.2) is 12.5 Å². The molecule has 0 fully saturated rings. The second-order valence-electron chi connectivity index (χ2n) is 4.26. The van der Waals surface area contributed by atoms with Gasteiger partial charge in [0.2, 0.25) is 0 Å². The van der Waals surface area contributed by atoms with E-state index >= 15 is 0 Å². The highest BCUT2D eigenvalue weighted by molar-refractivity contribution is 5.96. The molecule has 6 heteroatoms. The van der Waals surface area contributed by atoms with E-state index in [1.165, 1.54) is 24.3 Å². The second kappa shape index (κ2) is 4.73. The van der Waals surface area contributed by atoms with E-state index in [0.29, 0.717) is 17.1 Å². The fourth-order valence-electron chi connectivity index (χ4n) is 1.86. The van der Waals surface area contributed by atoms with Crippen LogP contribution < -0.4 is 20.5 Å². The summed E-state index contributed by atoms with van der Waals surface area (Å²) >= 11 is 0. The highest BCUT2D eigenvalue weighted by atomic mass is 19.1. The summed E-state index contributed by atoms with van der Waals surface area (Å²) in [5, 5.41) is 2.63. The first-order chi connectivity index (χ1) is 9.63. The zero-order valence-electron chi connectivity index (χ0n) is 10.4. The topological polar surface area (TPSA) is 73.6 Å². The summed E-state index contributed by atoms with van der Waals surface area (Å²) in [5.74, 6) is 0.00820. The molecule has 0 spiro atoms. The first kappa shape index (κ1) is 12.3. The lowest BCUT2D eigenvalue weighted by Gasteiger charge is -2.20. The molecule has 1 aliphatic rings. The van der Waals surface area contributed by atoms with E-state index in [1.807, 2.05) is 0 Å². The largest absolute Gasteiger partial charge is 0.481 e. The van der Waals surface area contributed by atoms with Gasteiger partial charge >= 0.3 is 0 Å². The Labute approximate surface area is 114 Å². The molecule has 5 nitrogen and oxygen atoms in total. The van der Waals surface area contributed by atoms with Gasteiger partial charge in [0.05, 0.1) is 11.4 Å². The molecule has 1 aliphatic heterocycles. The molecular formula is C14H11FN2O3. The van der Waals surface area contributed by atoms with Crippen molar-refractivity contribution in [1.29, 1.82) is 0 Å². The third-order valence-electron chi connectivity index (χ3n) is 2.80. The van der Waals surface area contributed by atoms with Crippen LogP contribution in [0.5, 0.6) is 17.2 Å². The Morgan fingerprint density at radius 2 is 2.05 bits per heavy atom. The van der Waals surface area contributed by atoms with Gasteiger partial charge in [0, 0.05) is 12.1 Å². The number of nitrogens with two attached hydrogens (primary N) is 1. The maximum Gasteiger partial charge on any atom is 0.262 e. The summed E-state index contributed by atoms with van der Waals surface area (Å²) in [5.41, 5.74) is 6.58. The third kappa shape index (κ3) is 2.23. The van der Waals surface area contributed by atoms with Crippen molar-refractivity contribution >= 4 is 17.3 Å². The quantitative estimate of drug-likeness (QED) is 0.825. The standard InChI is InChI=1S/C14H11FN2O3/c15-8-3-1-2-4-11(8)20-12-6-10-13(5-9(12)16)19-7-14(18)17-10/h1-6H,7,16H2,(H,17,18). The Hall–Kier alpha value is -2.76. The molecule has 2 aromatic carbocycles. The molecule has 0 saturated carbocycles. The van der Waals surface area contributed by atoms with Crippen LogP contribution in [0.2, 0.25) is 0 Å². The zero-order chi connectivity index (χ0) is 14.1. The smallest absolute Gasteiger partial charge is 0.262 e. The average Bonchev–Trinajstić information content (AvgIpc) is 2.42. The van der Waals surface area contributed by atoms with Gasteiger partial charge in [-0.05, 0) is 12.1 Å². The Morgan fingerprint density at radius 3 is 2.85 bits per heavy atom. The number of nitrogens with one attached hydrogen (secondary N) is 1. The highest BCUT2D eigenvalue weighted by Crippen LogP contribution is 2.38. The molecule has 0 bridgehead atoms. The maximum absolute atomic E-state index is 13.5. The van der Waals surface area contributed by atoms with Crippen LogP contribution in [0.4, 0.5) is 15.8 Å². The number of carbonyl (C=O) groups is 1. The molecule has 102 valence electrons. The first-order valence-corrected chi connectivity index (χ1v) is 5.92. The summed E-state index contributed by atoms with van der Waals surface area (Å²) in [6.45, 7) is -0.0556. The number of para-hydroxylation sites is 1. The van der Waals surface area contributed by atoms with Gasteiger partial charge < -0.3 is 20.5 Å². The van der Waals surface area contributed by atoms with E-state index in [9.17, 15) is 9.18 Å². The molecule has 2 aromatic rings. The number of ether oxygens (including phenoxy) is 2. The molecule has 0 aromatic heterocycles. The Kier molecular flexibility index (Phi) is 2.90. The molecular weight excluding hydrogens is 263 g/mol. The van der Waals surface area contributed by atoms with Crippen molar-refractivity contribution in [3.05, 3.63) is 42.2 Å². The van der Waals surface area contributed by atoms with Crippen molar-refractivity contribution in [2.24, 2.45) is 0 Å². The van der Waals surface area contributed by atoms with Crippen LogP contribution in [0.3, 0.4) is 0 Å². The first-order valence-electron chi connectivity index (χ1n) is 5.92. The molecule has 0 unspecified atom stereocenters. The van der Waals surface area contributed by atoms with E-state index in [2.05, 4.69) is 5.32 Å². The minimum Gasteiger partial charge on any atom is -0.481 e. The zero-order valence-corrected chi connectivity index (χ0v) is 10.4. The van der Waals surface area contributed by atoms with Gasteiger partial charge in [-0.25, -0.2) is 4.39 Å². The molecule has 3 N–H and O–H groups in total. The van der Waals surface area contributed by atoms with Gasteiger partial charge in [0.25, 0.3) is 5.91 Å². The molecule has 0 radical (unpaired) electrons. The van der Waals surface area contributed by atoms with Gasteiger partial charge in [-0.2, -0.15) is 0 Å². The molecule has 0 aliphatic carbocycles. The van der Waals surface area contributed by atoms with Gasteiger partial charge in [0.1, 0.15) is 5.75 Å². The Balaban J connectivity index is 1.96. The number of amides is 1. The van der Waals surface area contributed by atoms with Crippen molar-refractivity contribution < 1.29 is 18.7 Å². The minimum absolute atomic E-state index is 0.0556. The molecule has 3 rings (SSSR count). The maximum atomic E-state index is 13.5. The average molecular weight is 274 g/mol. The van der Waals surface area contributed by atoms with Crippen molar-refractivity contribution in [2.45, 2.75) is 0 Å². The van der Waals surface area contributed by atoms with E-state index in [1.54, 1.807) is 12.1 Å². The van der Waals surface area contributed by atoms with Crippen LogP contribution in [-0.2, 0) is 4.79 Å². The second-order valence-corrected chi connectivity index (χ2v) is 4.26. The summed E-state index contributed by atoms with van der Waals surface area (Å²) in [4.78, 5) is 11.3. The molecule has 1 amide bonds. The van der Waals surface area contributed by atoms with Crippen LogP contribution in [0.15, 0.2) is 36.4 Å². The number of rotatable bonds is 2. The summed E-state index contributed by atoms with van der Waals surface area (Å²) in [7, 11) is 0. The Bertz CT molecular complexity index is 688. The third-order valence-corrected chi connectivity index (χ3v) is 2.80. The van der Waals surface area contributed by atoms with Crippen molar-refractivity contribution in [3.8, 4) is 17.2 Å². The number of halogens is 1. The Morgan fingerprint density at radius 1 is 1.25 bits per heavy atom. The van der Waals surface area contributed by atoms with E-state index in [4.69, 9.17) is 15.2 Å². The number of nitrogen functional groups attached to an aromatic ring is 1. The van der Waals surface area contributed by atoms with Crippen LogP contribution in [0.25, 0.3) is 0 Å². The van der Waals surface area contributed by atoms with Gasteiger partial charge in [-0.3, -0.25) is 4.79 Å². The predicted octanol–water partition coefficient (Wildman–Crippen LogP) is 2.53. The summed E-state index contributed by atoms with van der Waals surface area (Å²) < 4.78 is 24.2. The van der Waals surface area contributed by atoms with Crippen LogP contribution in [0.1, 0.15) is 0 Å². The molecule has 0 atom stereocenters. The van der Waals surface area contributed by atoms with Gasteiger partial charge in [-0.15, -0.1) is 0 Å². The SMILES string of the molecule is Nc1cc2c(cc1Oc1ccccc1F)NC(=O)CO2. The summed E-state index contributed by atoms with van der Waals surface area (Å²) in [6, 6.07) is 9.03.